The van der Waals surface area contributed by atoms with Gasteiger partial charge in [0.15, 0.2) is 11.5 Å². The van der Waals surface area contributed by atoms with Gasteiger partial charge < -0.3 is 14.8 Å². The molecule has 0 aliphatic carbocycles. The molecule has 0 bridgehead atoms. The molecule has 0 radical (unpaired) electrons. The van der Waals surface area contributed by atoms with E-state index < -0.39 is 11.3 Å². The molecule has 0 fully saturated rings. The Hall–Kier alpha value is -1.60. The van der Waals surface area contributed by atoms with Crippen LogP contribution in [0, 0.1) is 0 Å². The number of benzene rings is 1. The predicted molar refractivity (Wildman–Crippen MR) is 82.3 cm³/mol. The highest BCUT2D eigenvalue weighted by atomic mass is 35.5. The van der Waals surface area contributed by atoms with Crippen molar-refractivity contribution in [2.75, 3.05) is 33.9 Å². The largest absolute Gasteiger partial charge is 0.493 e. The molecular weight excluding hydrogens is 330 g/mol. The third-order valence-corrected chi connectivity index (χ3v) is 3.94. The zero-order valence-electron chi connectivity index (χ0n) is 13.0. The van der Waals surface area contributed by atoms with Crippen molar-refractivity contribution >= 4 is 17.5 Å². The number of nitrogens with one attached hydrogen (secondary N) is 1. The number of hydrogen-bond acceptors (Lipinski definition) is 4. The number of hydrogen-bond donors (Lipinski definition) is 1. The molecule has 0 saturated carbocycles. The number of halogens is 3. The second-order valence-electron chi connectivity index (χ2n) is 5.26. The Labute approximate surface area is 138 Å². The Bertz CT molecular complexity index is 579. The quantitative estimate of drug-likeness (QED) is 0.799. The molecule has 0 saturated heterocycles. The van der Waals surface area contributed by atoms with Crippen LogP contribution in [0.3, 0.4) is 0 Å². The van der Waals surface area contributed by atoms with Crippen LogP contribution in [0.1, 0.15) is 11.1 Å². The van der Waals surface area contributed by atoms with Crippen LogP contribution >= 0.6 is 11.6 Å². The summed E-state index contributed by atoms with van der Waals surface area (Å²) in [6.07, 6.45) is 0.815. The molecule has 5 nitrogen and oxygen atoms in total. The fourth-order valence-electron chi connectivity index (χ4n) is 2.56. The number of carbonyl (C=O) groups is 1. The van der Waals surface area contributed by atoms with Crippen molar-refractivity contribution in [2.45, 2.75) is 18.3 Å². The van der Waals surface area contributed by atoms with Gasteiger partial charge in [-0.1, -0.05) is 0 Å². The summed E-state index contributed by atoms with van der Waals surface area (Å²) < 4.78 is 35.7. The van der Waals surface area contributed by atoms with Crippen molar-refractivity contribution in [1.29, 1.82) is 0 Å². The van der Waals surface area contributed by atoms with E-state index in [1.54, 1.807) is 14.2 Å². The van der Waals surface area contributed by atoms with Crippen molar-refractivity contribution in [3.8, 4) is 11.5 Å². The molecule has 0 unspecified atom stereocenters. The molecule has 1 aliphatic rings. The summed E-state index contributed by atoms with van der Waals surface area (Å²) in [5, 5.41) is -1.74. The van der Waals surface area contributed by atoms with Gasteiger partial charge in [-0.15, -0.1) is 0 Å². The van der Waals surface area contributed by atoms with E-state index in [0.29, 0.717) is 24.6 Å². The Morgan fingerprint density at radius 2 is 1.91 bits per heavy atom. The first-order chi connectivity index (χ1) is 10.8. The van der Waals surface area contributed by atoms with Gasteiger partial charge in [0, 0.05) is 26.2 Å². The average Bonchev–Trinajstić information content (AvgIpc) is 2.52. The number of carbonyl (C=O) groups excluding carboxylic acids is 1. The third-order valence-electron chi connectivity index (χ3n) is 3.77. The van der Waals surface area contributed by atoms with Gasteiger partial charge in [0.05, 0.1) is 14.2 Å². The maximum atomic E-state index is 12.5. The van der Waals surface area contributed by atoms with Gasteiger partial charge in [0.2, 0.25) is 0 Å². The normalized spacial score (nSPS) is 15.0. The van der Waals surface area contributed by atoms with Crippen molar-refractivity contribution in [3.63, 3.8) is 0 Å². The smallest absolute Gasteiger partial charge is 0.399 e. The van der Waals surface area contributed by atoms with E-state index in [-0.39, 0.29) is 6.54 Å². The minimum absolute atomic E-state index is 0.115. The van der Waals surface area contributed by atoms with Crippen LogP contribution in [0.25, 0.3) is 0 Å². The number of nitrogens with zero attached hydrogens (tertiary/aromatic N) is 1. The summed E-state index contributed by atoms with van der Waals surface area (Å²) in [7, 11) is 3.17. The highest BCUT2D eigenvalue weighted by molar-refractivity contribution is 6.32. The fraction of sp³-hybridized carbons (Fsp3) is 0.533. The van der Waals surface area contributed by atoms with Crippen molar-refractivity contribution < 1.29 is 23.0 Å². The van der Waals surface area contributed by atoms with E-state index in [0.717, 1.165) is 18.5 Å². The maximum absolute atomic E-state index is 12.5. The summed E-state index contributed by atoms with van der Waals surface area (Å²) in [6.45, 7) is 2.01. The summed E-state index contributed by atoms with van der Waals surface area (Å²) >= 11 is 4.65. The number of rotatable bonds is 6. The van der Waals surface area contributed by atoms with E-state index in [4.69, 9.17) is 9.47 Å². The predicted octanol–water partition coefficient (Wildman–Crippen LogP) is 2.01. The molecule has 0 atom stereocenters. The standard InChI is InChI=1S/C15H19ClF2N2O3/c1-22-12-7-10-3-5-20(9-11(10)8-13(12)23-2)6-4-19-14(21)15(16,17)18/h7-8H,3-6,9H2,1-2H3,(H,19,21). The van der Waals surface area contributed by atoms with Gasteiger partial charge >= 0.3 is 11.3 Å². The van der Waals surface area contributed by atoms with Crippen LogP contribution in [-0.4, -0.2) is 50.0 Å². The molecule has 23 heavy (non-hydrogen) atoms. The van der Waals surface area contributed by atoms with Gasteiger partial charge in [0.25, 0.3) is 0 Å². The van der Waals surface area contributed by atoms with E-state index >= 15 is 0 Å². The first kappa shape index (κ1) is 17.7. The van der Waals surface area contributed by atoms with Crippen LogP contribution in [0.4, 0.5) is 8.78 Å². The summed E-state index contributed by atoms with van der Waals surface area (Å²) in [4.78, 5) is 13.1. The zero-order valence-corrected chi connectivity index (χ0v) is 13.8. The maximum Gasteiger partial charge on any atom is 0.399 e. The molecule has 1 N–H and O–H groups in total. The fourth-order valence-corrected chi connectivity index (χ4v) is 2.63. The Kier molecular flexibility index (Phi) is 5.64. The monoisotopic (exact) mass is 348 g/mol. The van der Waals surface area contributed by atoms with Crippen molar-refractivity contribution in [2.24, 2.45) is 0 Å². The number of methoxy groups -OCH3 is 2. The molecule has 128 valence electrons. The summed E-state index contributed by atoms with van der Waals surface area (Å²) in [6, 6.07) is 3.88. The molecule has 1 aliphatic heterocycles. The van der Waals surface area contributed by atoms with Gasteiger partial charge in [-0.2, -0.15) is 8.78 Å². The molecule has 1 amide bonds. The molecule has 0 spiro atoms. The molecule has 1 heterocycles. The van der Waals surface area contributed by atoms with E-state index in [1.165, 1.54) is 5.56 Å². The topological polar surface area (TPSA) is 50.8 Å². The Morgan fingerprint density at radius 1 is 1.30 bits per heavy atom. The van der Waals surface area contributed by atoms with E-state index in [2.05, 4.69) is 21.8 Å². The summed E-state index contributed by atoms with van der Waals surface area (Å²) in [5.41, 5.74) is 2.28. The first-order valence-corrected chi connectivity index (χ1v) is 7.54. The second kappa shape index (κ2) is 7.31. The molecule has 2 rings (SSSR count). The lowest BCUT2D eigenvalue weighted by molar-refractivity contribution is -0.135. The minimum atomic E-state index is -3.86. The van der Waals surface area contributed by atoms with Gasteiger partial charge in [-0.3, -0.25) is 9.69 Å². The van der Waals surface area contributed by atoms with Gasteiger partial charge in [-0.05, 0) is 41.3 Å². The lowest BCUT2D eigenvalue weighted by Gasteiger charge is -2.29. The Balaban J connectivity index is 1.94. The Morgan fingerprint density at radius 3 is 2.48 bits per heavy atom. The van der Waals surface area contributed by atoms with Crippen molar-refractivity contribution in [3.05, 3.63) is 23.3 Å². The zero-order chi connectivity index (χ0) is 17.0. The van der Waals surface area contributed by atoms with Crippen molar-refractivity contribution in [1.82, 2.24) is 10.2 Å². The van der Waals surface area contributed by atoms with Gasteiger partial charge in [0.1, 0.15) is 0 Å². The summed E-state index contributed by atoms with van der Waals surface area (Å²) in [5.74, 6) is -0.123. The third kappa shape index (κ3) is 4.45. The molecule has 1 aromatic carbocycles. The van der Waals surface area contributed by atoms with Crippen LogP contribution in [-0.2, 0) is 17.8 Å². The van der Waals surface area contributed by atoms with Gasteiger partial charge in [-0.25, -0.2) is 0 Å². The van der Waals surface area contributed by atoms with Crippen LogP contribution < -0.4 is 14.8 Å². The number of alkyl halides is 3. The highest BCUT2D eigenvalue weighted by Gasteiger charge is 2.35. The SMILES string of the molecule is COc1cc2c(cc1OC)CN(CCNC(=O)C(F)(F)Cl)CC2. The van der Waals surface area contributed by atoms with Crippen LogP contribution in [0.15, 0.2) is 12.1 Å². The number of amides is 1. The first-order valence-electron chi connectivity index (χ1n) is 7.16. The average molecular weight is 349 g/mol. The van der Waals surface area contributed by atoms with Crippen LogP contribution in [0.5, 0.6) is 11.5 Å². The lowest BCUT2D eigenvalue weighted by atomic mass is 9.99. The van der Waals surface area contributed by atoms with E-state index in [1.807, 2.05) is 12.1 Å². The number of fused-ring (bicyclic) bond motifs is 1. The number of ether oxygens (including phenoxy) is 2. The van der Waals surface area contributed by atoms with E-state index in [9.17, 15) is 13.6 Å². The molecule has 1 aromatic rings. The molecule has 0 aromatic heterocycles. The minimum Gasteiger partial charge on any atom is -0.493 e. The highest BCUT2D eigenvalue weighted by Crippen LogP contribution is 2.33. The second-order valence-corrected chi connectivity index (χ2v) is 5.73. The molecular formula is C15H19ClF2N2O3. The lowest BCUT2D eigenvalue weighted by Crippen LogP contribution is -2.42. The van der Waals surface area contributed by atoms with Crippen LogP contribution in [0.2, 0.25) is 0 Å². The molecule has 8 heteroatoms.